The number of nitrogens with one attached hydrogen (secondary N) is 2. The lowest BCUT2D eigenvalue weighted by atomic mass is 10.2. The van der Waals surface area contributed by atoms with E-state index in [0.717, 1.165) is 19.3 Å². The molecule has 0 saturated carbocycles. The fourth-order valence-electron chi connectivity index (χ4n) is 1.58. The normalized spacial score (nSPS) is 13.9. The summed E-state index contributed by atoms with van der Waals surface area (Å²) >= 11 is 0. The molecule has 4 nitrogen and oxygen atoms in total. The molecule has 2 atom stereocenters. The summed E-state index contributed by atoms with van der Waals surface area (Å²) in [4.78, 5) is 11.8. The summed E-state index contributed by atoms with van der Waals surface area (Å²) < 4.78 is 5.36. The maximum absolute atomic E-state index is 11.8. The first-order valence-electron chi connectivity index (χ1n) is 6.84. The molecule has 2 N–H and O–H groups in total. The second-order valence-corrected chi connectivity index (χ2v) is 4.56. The Kier molecular flexibility index (Phi) is 10.7. The molecule has 0 fully saturated rings. The van der Waals surface area contributed by atoms with Gasteiger partial charge < -0.3 is 15.4 Å². The maximum Gasteiger partial charge on any atom is 0.237 e. The fourth-order valence-corrected chi connectivity index (χ4v) is 1.58. The van der Waals surface area contributed by atoms with Crippen LogP contribution in [0.1, 0.15) is 40.0 Å². The monoisotopic (exact) mass is 256 g/mol. The molecule has 1 amide bonds. The first-order valence-corrected chi connectivity index (χ1v) is 6.84. The minimum absolute atomic E-state index is 0.0574. The number of rotatable bonds is 11. The Balaban J connectivity index is 3.58. The topological polar surface area (TPSA) is 50.4 Å². The lowest BCUT2D eigenvalue weighted by Gasteiger charge is -2.18. The average Bonchev–Trinajstić information content (AvgIpc) is 2.33. The second kappa shape index (κ2) is 11.2. The van der Waals surface area contributed by atoms with Gasteiger partial charge in [0, 0.05) is 12.6 Å². The van der Waals surface area contributed by atoms with Crippen LogP contribution in [0.2, 0.25) is 0 Å². The van der Waals surface area contributed by atoms with Crippen LogP contribution in [0.5, 0.6) is 0 Å². The van der Waals surface area contributed by atoms with Gasteiger partial charge >= 0.3 is 0 Å². The summed E-state index contributed by atoms with van der Waals surface area (Å²) in [5.74, 6) is 0.0574. The van der Waals surface area contributed by atoms with E-state index in [9.17, 15) is 4.79 Å². The highest BCUT2D eigenvalue weighted by atomic mass is 16.5. The Labute approximate surface area is 111 Å². The van der Waals surface area contributed by atoms with E-state index in [1.54, 1.807) is 0 Å². The predicted octanol–water partition coefficient (Wildman–Crippen LogP) is 1.86. The highest BCUT2D eigenvalue weighted by molar-refractivity contribution is 5.81. The second-order valence-electron chi connectivity index (χ2n) is 4.56. The van der Waals surface area contributed by atoms with Crippen molar-refractivity contribution in [3.05, 3.63) is 12.7 Å². The molecule has 2 unspecified atom stereocenters. The number of amides is 1. The molecule has 0 saturated heterocycles. The fraction of sp³-hybridized carbons (Fsp3) is 0.786. The summed E-state index contributed by atoms with van der Waals surface area (Å²) in [5, 5.41) is 6.13. The zero-order chi connectivity index (χ0) is 13.8. The standard InChI is InChI=1S/C14H28N2O2/c1-5-7-10-18-11-9-15-13(4)14(17)16-12(3)8-6-2/h5,12-13,15H,1,6-11H2,2-4H3,(H,16,17). The van der Waals surface area contributed by atoms with Crippen LogP contribution < -0.4 is 10.6 Å². The predicted molar refractivity (Wildman–Crippen MR) is 75.6 cm³/mol. The SMILES string of the molecule is C=CCCOCCNC(C)C(=O)NC(C)CCC. The third-order valence-corrected chi connectivity index (χ3v) is 2.67. The highest BCUT2D eigenvalue weighted by Crippen LogP contribution is 1.95. The van der Waals surface area contributed by atoms with E-state index in [1.807, 2.05) is 19.9 Å². The van der Waals surface area contributed by atoms with E-state index in [2.05, 4.69) is 24.1 Å². The Morgan fingerprint density at radius 3 is 2.72 bits per heavy atom. The zero-order valence-electron chi connectivity index (χ0n) is 12.0. The van der Waals surface area contributed by atoms with Crippen LogP contribution in [0.25, 0.3) is 0 Å². The van der Waals surface area contributed by atoms with Gasteiger partial charge in [0.05, 0.1) is 19.3 Å². The Bertz CT molecular complexity index is 232. The van der Waals surface area contributed by atoms with Crippen molar-refractivity contribution in [3.63, 3.8) is 0 Å². The third-order valence-electron chi connectivity index (χ3n) is 2.67. The first kappa shape index (κ1) is 17.1. The number of carbonyl (C=O) groups is 1. The molecule has 0 aliphatic rings. The van der Waals surface area contributed by atoms with Crippen LogP contribution in [0.3, 0.4) is 0 Å². The van der Waals surface area contributed by atoms with Crippen molar-refractivity contribution in [2.75, 3.05) is 19.8 Å². The number of carbonyl (C=O) groups excluding carboxylic acids is 1. The molecule has 0 aliphatic carbocycles. The summed E-state index contributed by atoms with van der Waals surface area (Å²) in [7, 11) is 0. The van der Waals surface area contributed by atoms with Gasteiger partial charge in [-0.15, -0.1) is 6.58 Å². The molecule has 4 heteroatoms. The van der Waals surface area contributed by atoms with Crippen molar-refractivity contribution in [2.45, 2.75) is 52.1 Å². The Hall–Kier alpha value is -0.870. The third kappa shape index (κ3) is 9.19. The molecule has 0 heterocycles. The molecule has 0 aromatic heterocycles. The molecule has 0 rings (SSSR count). The van der Waals surface area contributed by atoms with Crippen molar-refractivity contribution >= 4 is 5.91 Å². The molecule has 0 aromatic carbocycles. The lowest BCUT2D eigenvalue weighted by molar-refractivity contribution is -0.123. The van der Waals surface area contributed by atoms with Crippen molar-refractivity contribution in [1.29, 1.82) is 0 Å². The Morgan fingerprint density at radius 2 is 2.11 bits per heavy atom. The molecule has 0 aromatic rings. The van der Waals surface area contributed by atoms with Gasteiger partial charge in [-0.25, -0.2) is 0 Å². The molecule has 0 spiro atoms. The molecule has 0 aliphatic heterocycles. The van der Waals surface area contributed by atoms with Gasteiger partial charge in [-0.3, -0.25) is 4.79 Å². The minimum Gasteiger partial charge on any atom is -0.380 e. The number of hydrogen-bond acceptors (Lipinski definition) is 3. The van der Waals surface area contributed by atoms with E-state index < -0.39 is 0 Å². The van der Waals surface area contributed by atoms with Crippen LogP contribution in [-0.4, -0.2) is 37.7 Å². The van der Waals surface area contributed by atoms with Gasteiger partial charge in [-0.1, -0.05) is 19.4 Å². The minimum atomic E-state index is -0.174. The quantitative estimate of drug-likeness (QED) is 0.438. The molecule has 106 valence electrons. The summed E-state index contributed by atoms with van der Waals surface area (Å²) in [5.41, 5.74) is 0. The van der Waals surface area contributed by atoms with Gasteiger partial charge in [-0.2, -0.15) is 0 Å². The van der Waals surface area contributed by atoms with Gasteiger partial charge in [-0.05, 0) is 26.7 Å². The Morgan fingerprint density at radius 1 is 1.39 bits per heavy atom. The van der Waals surface area contributed by atoms with E-state index in [0.29, 0.717) is 19.8 Å². The summed E-state index contributed by atoms with van der Waals surface area (Å²) in [6.07, 6.45) is 4.80. The van der Waals surface area contributed by atoms with Crippen LogP contribution >= 0.6 is 0 Å². The molecular formula is C14H28N2O2. The number of ether oxygens (including phenoxy) is 1. The van der Waals surface area contributed by atoms with Gasteiger partial charge in [0.25, 0.3) is 0 Å². The molecule has 0 bridgehead atoms. The van der Waals surface area contributed by atoms with Crippen molar-refractivity contribution in [2.24, 2.45) is 0 Å². The van der Waals surface area contributed by atoms with Gasteiger partial charge in [0.15, 0.2) is 0 Å². The summed E-state index contributed by atoms with van der Waals surface area (Å²) in [6, 6.07) is 0.0721. The van der Waals surface area contributed by atoms with E-state index >= 15 is 0 Å². The molecule has 0 radical (unpaired) electrons. The van der Waals surface area contributed by atoms with Crippen molar-refractivity contribution in [3.8, 4) is 0 Å². The van der Waals surface area contributed by atoms with E-state index in [4.69, 9.17) is 4.74 Å². The first-order chi connectivity index (χ1) is 8.61. The zero-order valence-corrected chi connectivity index (χ0v) is 12.0. The smallest absolute Gasteiger partial charge is 0.237 e. The average molecular weight is 256 g/mol. The van der Waals surface area contributed by atoms with Crippen LogP contribution in [0.15, 0.2) is 12.7 Å². The molecule has 18 heavy (non-hydrogen) atoms. The van der Waals surface area contributed by atoms with Gasteiger partial charge in [0.1, 0.15) is 0 Å². The van der Waals surface area contributed by atoms with Crippen molar-refractivity contribution < 1.29 is 9.53 Å². The van der Waals surface area contributed by atoms with Crippen LogP contribution in [0.4, 0.5) is 0 Å². The van der Waals surface area contributed by atoms with E-state index in [1.165, 1.54) is 0 Å². The van der Waals surface area contributed by atoms with E-state index in [-0.39, 0.29) is 18.0 Å². The maximum atomic E-state index is 11.8. The van der Waals surface area contributed by atoms with Gasteiger partial charge in [0.2, 0.25) is 5.91 Å². The van der Waals surface area contributed by atoms with Crippen molar-refractivity contribution in [1.82, 2.24) is 10.6 Å². The van der Waals surface area contributed by atoms with Crippen LogP contribution in [-0.2, 0) is 9.53 Å². The summed E-state index contributed by atoms with van der Waals surface area (Å²) in [6.45, 7) is 11.7. The highest BCUT2D eigenvalue weighted by Gasteiger charge is 2.13. The molecular weight excluding hydrogens is 228 g/mol. The number of hydrogen-bond donors (Lipinski definition) is 2. The van der Waals surface area contributed by atoms with Crippen LogP contribution in [0, 0.1) is 0 Å². The lowest BCUT2D eigenvalue weighted by Crippen LogP contribution is -2.46. The largest absolute Gasteiger partial charge is 0.380 e.